The molecule has 8 rings (SSSR count). The second kappa shape index (κ2) is 15.9. The van der Waals surface area contributed by atoms with E-state index < -0.39 is 0 Å². The minimum absolute atomic E-state index is 0. The van der Waals surface area contributed by atoms with Gasteiger partial charge in [-0.25, -0.2) is 15.0 Å². The van der Waals surface area contributed by atoms with Crippen molar-refractivity contribution in [2.75, 3.05) is 0 Å². The maximum atomic E-state index is 6.57. The standard InChI is InChI=1S/C45H36N6O2.2Pd/c1-44(2,3)35-23-33(52-31-15-11-13-29(21-31)37-17-7-9-19-47-37)25-39-41(35)42-36(45(4,5)6)24-34(26-40(42)51(39)43-49-27-46-28-50-43)53-32-16-12-14-30(22-32)38-18-8-10-20-48-38;;/h7-20,23-24,27-28H,1-6H3;;/q-4;2*+2. The van der Waals surface area contributed by atoms with Gasteiger partial charge in [-0.1, -0.05) is 89.0 Å². The smallest absolute Gasteiger partial charge is 0.503 e. The van der Waals surface area contributed by atoms with E-state index in [2.05, 4.69) is 103 Å². The number of hydrogen-bond donors (Lipinski definition) is 0. The van der Waals surface area contributed by atoms with Crippen molar-refractivity contribution in [3.8, 4) is 51.5 Å². The van der Waals surface area contributed by atoms with E-state index in [-0.39, 0.29) is 51.7 Å². The molecule has 278 valence electrons. The van der Waals surface area contributed by atoms with Gasteiger partial charge in [0.2, 0.25) is 5.95 Å². The molecule has 0 spiro atoms. The van der Waals surface area contributed by atoms with Gasteiger partial charge in [0.15, 0.2) is 0 Å². The molecule has 0 aliphatic rings. The average Bonchev–Trinajstić information content (AvgIpc) is 3.48. The number of pyridine rings is 2. The predicted molar refractivity (Wildman–Crippen MR) is 206 cm³/mol. The zero-order chi connectivity index (χ0) is 36.7. The summed E-state index contributed by atoms with van der Waals surface area (Å²) in [7, 11) is 0. The van der Waals surface area contributed by atoms with E-state index in [0.29, 0.717) is 28.9 Å². The SMILES string of the molecule is CC(C)(C)c1cc(Oc2[c-]c(-c3ccccn3)ccc2)[c-]c2c1c1c(C(C)(C)C)cc(Oc3[c-]c(-c4ccccn4)ccc3)[c-]c1n2-c1ncncn1.[Pd+2].[Pd+2]. The van der Waals surface area contributed by atoms with Crippen molar-refractivity contribution in [3.63, 3.8) is 0 Å². The molecule has 0 fully saturated rings. The number of ether oxygens (including phenoxy) is 2. The molecular formula is C45H36N6O2Pd2. The van der Waals surface area contributed by atoms with E-state index in [1.807, 2.05) is 77.4 Å². The third-order valence-electron chi connectivity index (χ3n) is 8.90. The summed E-state index contributed by atoms with van der Waals surface area (Å²) in [5.41, 5.74) is 6.34. The normalized spacial score (nSPS) is 11.5. The van der Waals surface area contributed by atoms with Crippen molar-refractivity contribution < 1.29 is 50.3 Å². The second-order valence-corrected chi connectivity index (χ2v) is 14.8. The fourth-order valence-corrected chi connectivity index (χ4v) is 6.48. The van der Waals surface area contributed by atoms with E-state index in [4.69, 9.17) is 9.47 Å². The minimum atomic E-state index is -0.297. The quantitative estimate of drug-likeness (QED) is 0.116. The molecule has 0 N–H and O–H groups in total. The zero-order valence-corrected chi connectivity index (χ0v) is 34.1. The van der Waals surface area contributed by atoms with Crippen LogP contribution in [0.25, 0.3) is 50.3 Å². The molecule has 0 atom stereocenters. The Morgan fingerprint density at radius 2 is 0.964 bits per heavy atom. The van der Waals surface area contributed by atoms with Gasteiger partial charge in [-0.05, 0) is 34.4 Å². The molecular weight excluding hydrogens is 869 g/mol. The first-order valence-electron chi connectivity index (χ1n) is 17.4. The molecule has 0 bridgehead atoms. The monoisotopic (exact) mass is 904 g/mol. The molecule has 4 aromatic heterocycles. The molecule has 0 saturated carbocycles. The van der Waals surface area contributed by atoms with Gasteiger partial charge in [-0.2, -0.15) is 21.9 Å². The molecule has 0 amide bonds. The Hall–Kier alpha value is -5.09. The van der Waals surface area contributed by atoms with Gasteiger partial charge in [0.25, 0.3) is 0 Å². The molecule has 0 unspecified atom stereocenters. The van der Waals surface area contributed by atoms with Gasteiger partial charge in [-0.3, -0.25) is 0 Å². The van der Waals surface area contributed by atoms with Crippen LogP contribution < -0.4 is 9.47 Å². The van der Waals surface area contributed by atoms with Crippen LogP contribution in [0.5, 0.6) is 23.0 Å². The van der Waals surface area contributed by atoms with Gasteiger partial charge < -0.3 is 24.0 Å². The largest absolute Gasteiger partial charge is 2.00 e. The van der Waals surface area contributed by atoms with Gasteiger partial charge in [0.1, 0.15) is 12.7 Å². The van der Waals surface area contributed by atoms with Gasteiger partial charge in [0.05, 0.1) is 0 Å². The Kier molecular flexibility index (Phi) is 11.5. The molecule has 0 aliphatic carbocycles. The molecule has 8 nitrogen and oxygen atoms in total. The number of fused-ring (bicyclic) bond motifs is 3. The summed E-state index contributed by atoms with van der Waals surface area (Å²) in [5.74, 6) is 2.59. The molecule has 4 heterocycles. The Morgan fingerprint density at radius 1 is 0.509 bits per heavy atom. The first-order valence-corrected chi connectivity index (χ1v) is 17.4. The fourth-order valence-electron chi connectivity index (χ4n) is 6.48. The Labute approximate surface area is 348 Å². The van der Waals surface area contributed by atoms with Crippen LogP contribution in [0.1, 0.15) is 52.7 Å². The van der Waals surface area contributed by atoms with Crippen LogP contribution in [0.2, 0.25) is 0 Å². The first-order chi connectivity index (χ1) is 25.5. The summed E-state index contributed by atoms with van der Waals surface area (Å²) in [6, 6.07) is 41.4. The molecule has 4 aromatic carbocycles. The molecule has 0 saturated heterocycles. The fraction of sp³-hybridized carbons (Fsp3) is 0.178. The summed E-state index contributed by atoms with van der Waals surface area (Å²) < 4.78 is 15.1. The van der Waals surface area contributed by atoms with Crippen LogP contribution in [0, 0.1) is 24.3 Å². The number of hydrogen-bond acceptors (Lipinski definition) is 7. The molecule has 0 aliphatic heterocycles. The summed E-state index contributed by atoms with van der Waals surface area (Å²) in [6.45, 7) is 13.2. The zero-order valence-electron chi connectivity index (χ0n) is 31.0. The maximum Gasteiger partial charge on any atom is 2.00 e. The van der Waals surface area contributed by atoms with Gasteiger partial charge in [0, 0.05) is 35.4 Å². The Bertz CT molecular complexity index is 2420. The summed E-state index contributed by atoms with van der Waals surface area (Å²) in [6.07, 6.45) is 6.52. The van der Waals surface area contributed by atoms with Crippen LogP contribution >= 0.6 is 0 Å². The van der Waals surface area contributed by atoms with E-state index in [1.54, 1.807) is 12.4 Å². The molecule has 10 heteroatoms. The predicted octanol–water partition coefficient (Wildman–Crippen LogP) is 10.5. The van der Waals surface area contributed by atoms with Crippen LogP contribution in [-0.4, -0.2) is 29.5 Å². The summed E-state index contributed by atoms with van der Waals surface area (Å²) >= 11 is 0. The van der Waals surface area contributed by atoms with Crippen LogP contribution in [0.4, 0.5) is 0 Å². The van der Waals surface area contributed by atoms with Crippen molar-refractivity contribution >= 4 is 21.8 Å². The topological polar surface area (TPSA) is 87.8 Å². The molecule has 0 radical (unpaired) electrons. The Balaban J connectivity index is 0.00000257. The maximum absolute atomic E-state index is 6.57. The summed E-state index contributed by atoms with van der Waals surface area (Å²) in [4.78, 5) is 22.3. The molecule has 55 heavy (non-hydrogen) atoms. The van der Waals surface area contributed by atoms with E-state index in [1.165, 1.54) is 12.7 Å². The van der Waals surface area contributed by atoms with Crippen molar-refractivity contribution in [1.82, 2.24) is 29.5 Å². The second-order valence-electron chi connectivity index (χ2n) is 14.8. The minimum Gasteiger partial charge on any atom is -0.503 e. The van der Waals surface area contributed by atoms with Crippen LogP contribution in [0.3, 0.4) is 0 Å². The number of rotatable bonds is 7. The van der Waals surface area contributed by atoms with E-state index in [9.17, 15) is 0 Å². The van der Waals surface area contributed by atoms with Crippen molar-refractivity contribution in [2.24, 2.45) is 0 Å². The number of benzene rings is 4. The van der Waals surface area contributed by atoms with E-state index in [0.717, 1.165) is 55.4 Å². The number of aromatic nitrogens is 6. The van der Waals surface area contributed by atoms with Crippen molar-refractivity contribution in [2.45, 2.75) is 52.4 Å². The van der Waals surface area contributed by atoms with Crippen LogP contribution in [0.15, 0.2) is 110 Å². The third-order valence-corrected chi connectivity index (χ3v) is 8.90. The van der Waals surface area contributed by atoms with E-state index >= 15 is 0 Å². The summed E-state index contributed by atoms with van der Waals surface area (Å²) in [5, 5.41) is 2.03. The van der Waals surface area contributed by atoms with Gasteiger partial charge in [-0.15, -0.1) is 71.8 Å². The van der Waals surface area contributed by atoms with Crippen LogP contribution in [-0.2, 0) is 51.7 Å². The third kappa shape index (κ3) is 8.15. The Morgan fingerprint density at radius 3 is 1.36 bits per heavy atom. The van der Waals surface area contributed by atoms with Gasteiger partial charge >= 0.3 is 40.8 Å². The first kappa shape index (κ1) is 39.6. The number of nitrogens with zero attached hydrogens (tertiary/aromatic N) is 6. The average molecular weight is 906 g/mol. The van der Waals surface area contributed by atoms with Crippen molar-refractivity contribution in [3.05, 3.63) is 145 Å². The van der Waals surface area contributed by atoms with Crippen molar-refractivity contribution in [1.29, 1.82) is 0 Å². The molecule has 8 aromatic rings.